The number of nitrogens with zero attached hydrogens (tertiary/aromatic N) is 5. The molecule has 0 aliphatic rings. The molecule has 3 aromatic carbocycles. The molecule has 2 amide bonds. The number of hydrogen-bond donors (Lipinski definition) is 1. The van der Waals surface area contributed by atoms with E-state index in [1.54, 1.807) is 36.2 Å². The number of aromatic nitrogens is 2. The molecule has 1 aromatic heterocycles. The molecule has 0 saturated heterocycles. The summed E-state index contributed by atoms with van der Waals surface area (Å²) in [5.41, 5.74) is 4.26. The van der Waals surface area contributed by atoms with E-state index in [2.05, 4.69) is 34.0 Å². The molecule has 0 fully saturated rings. The zero-order valence-corrected chi connectivity index (χ0v) is 29.3. The fourth-order valence-corrected chi connectivity index (χ4v) is 5.33. The lowest BCUT2D eigenvalue weighted by atomic mass is 9.97. The predicted octanol–water partition coefficient (Wildman–Crippen LogP) is 8.53. The number of amides is 2. The van der Waals surface area contributed by atoms with Crippen LogP contribution >= 0.6 is 11.6 Å². The van der Waals surface area contributed by atoms with Crippen LogP contribution in [0.2, 0.25) is 5.02 Å². The average Bonchev–Trinajstić information content (AvgIpc) is 3.06. The number of carbonyl (C=O) groups is 2. The Kier molecular flexibility index (Phi) is 11.9. The summed E-state index contributed by atoms with van der Waals surface area (Å²) in [6, 6.07) is 14.9. The van der Waals surface area contributed by atoms with Crippen LogP contribution in [0, 0.1) is 20.8 Å². The number of ether oxygens (including phenoxy) is 1. The molecular weight excluding hydrogens is 657 g/mol. The predicted molar refractivity (Wildman–Crippen MR) is 187 cm³/mol. The van der Waals surface area contributed by atoms with Gasteiger partial charge in [0.1, 0.15) is 0 Å². The van der Waals surface area contributed by atoms with Crippen LogP contribution in [-0.2, 0) is 6.18 Å². The topological polar surface area (TPSA) is 90.9 Å². The first-order chi connectivity index (χ1) is 23.1. The van der Waals surface area contributed by atoms with Gasteiger partial charge in [-0.3, -0.25) is 9.69 Å². The summed E-state index contributed by atoms with van der Waals surface area (Å²) in [4.78, 5) is 40.1. The highest BCUT2D eigenvalue weighted by Crippen LogP contribution is 2.36. The Morgan fingerprint density at radius 3 is 2.18 bits per heavy atom. The lowest BCUT2D eigenvalue weighted by molar-refractivity contribution is -0.137. The molecule has 0 unspecified atom stereocenters. The van der Waals surface area contributed by atoms with Crippen molar-refractivity contribution in [2.45, 2.75) is 40.8 Å². The Bertz CT molecular complexity index is 1810. The number of carbonyl (C=O) groups excluding carboxylic acids is 2. The Morgan fingerprint density at radius 2 is 1.55 bits per heavy atom. The maximum absolute atomic E-state index is 13.4. The summed E-state index contributed by atoms with van der Waals surface area (Å²) in [5.74, 6) is -0.166. The van der Waals surface area contributed by atoms with Gasteiger partial charge in [-0.1, -0.05) is 37.6 Å². The van der Waals surface area contributed by atoms with Crippen LogP contribution in [0.1, 0.15) is 46.5 Å². The normalized spacial score (nSPS) is 11.4. The summed E-state index contributed by atoms with van der Waals surface area (Å²) < 4.78 is 45.7. The number of halogens is 4. The molecule has 4 aromatic rings. The van der Waals surface area contributed by atoms with Crippen LogP contribution in [0.4, 0.5) is 35.3 Å². The second-order valence-electron chi connectivity index (χ2n) is 11.6. The molecule has 0 saturated carbocycles. The minimum Gasteiger partial charge on any atom is -0.391 e. The maximum Gasteiger partial charge on any atom is 0.420 e. The number of hydrogen-bond acceptors (Lipinski definition) is 7. The summed E-state index contributed by atoms with van der Waals surface area (Å²) in [6.45, 7) is 13.3. The molecule has 1 heterocycles. The smallest absolute Gasteiger partial charge is 0.391 e. The summed E-state index contributed by atoms with van der Waals surface area (Å²) in [6.07, 6.45) is -5.65. The van der Waals surface area contributed by atoms with E-state index in [1.165, 1.54) is 13.1 Å². The minimum absolute atomic E-state index is 0.0686. The molecule has 260 valence electrons. The SMILES string of the molecule is CCN(CC)CCN(C)C(=O)c1ccc(Nc2nc(OC(=O)N(C)c3cc(C(F)(F)F)ccc3Cl)cc(-c3ccc(C)c(C)c3C)n2)cc1. The van der Waals surface area contributed by atoms with Gasteiger partial charge in [-0.2, -0.15) is 18.2 Å². The van der Waals surface area contributed by atoms with Crippen LogP contribution in [0.5, 0.6) is 5.88 Å². The highest BCUT2D eigenvalue weighted by molar-refractivity contribution is 6.33. The van der Waals surface area contributed by atoms with Crippen molar-refractivity contribution < 1.29 is 27.5 Å². The first-order valence-corrected chi connectivity index (χ1v) is 16.1. The number of nitrogens with one attached hydrogen (secondary N) is 1. The second-order valence-corrected chi connectivity index (χ2v) is 12.0. The van der Waals surface area contributed by atoms with Crippen LogP contribution in [0.25, 0.3) is 11.3 Å². The molecule has 9 nitrogen and oxygen atoms in total. The quantitative estimate of drug-likeness (QED) is 0.168. The van der Waals surface area contributed by atoms with Crippen molar-refractivity contribution in [1.82, 2.24) is 19.8 Å². The second kappa shape index (κ2) is 15.7. The van der Waals surface area contributed by atoms with E-state index < -0.39 is 17.8 Å². The first-order valence-electron chi connectivity index (χ1n) is 15.8. The van der Waals surface area contributed by atoms with Crippen molar-refractivity contribution in [3.63, 3.8) is 0 Å². The Hall–Kier alpha value is -4.68. The van der Waals surface area contributed by atoms with Gasteiger partial charge in [0.25, 0.3) is 5.91 Å². The van der Waals surface area contributed by atoms with Crippen molar-refractivity contribution in [2.75, 3.05) is 50.5 Å². The van der Waals surface area contributed by atoms with Crippen molar-refractivity contribution in [2.24, 2.45) is 0 Å². The maximum atomic E-state index is 13.4. The van der Waals surface area contributed by atoms with Gasteiger partial charge in [0, 0.05) is 50.1 Å². The van der Waals surface area contributed by atoms with E-state index in [0.717, 1.165) is 65.0 Å². The summed E-state index contributed by atoms with van der Waals surface area (Å²) in [5, 5.41) is 3.04. The molecule has 0 radical (unpaired) electrons. The number of likely N-dealkylation sites (N-methyl/N-ethyl adjacent to an activating group) is 2. The summed E-state index contributed by atoms with van der Waals surface area (Å²) >= 11 is 6.16. The van der Waals surface area contributed by atoms with Gasteiger partial charge in [-0.15, -0.1) is 0 Å². The van der Waals surface area contributed by atoms with Crippen molar-refractivity contribution >= 4 is 40.9 Å². The first kappa shape index (κ1) is 37.1. The third-order valence-electron chi connectivity index (χ3n) is 8.52. The number of rotatable bonds is 11. The molecular formula is C36H40ClF3N6O3. The van der Waals surface area contributed by atoms with Crippen molar-refractivity contribution in [1.29, 1.82) is 0 Å². The molecule has 13 heteroatoms. The Balaban J connectivity index is 1.62. The van der Waals surface area contributed by atoms with Gasteiger partial charge >= 0.3 is 12.3 Å². The molecule has 49 heavy (non-hydrogen) atoms. The third kappa shape index (κ3) is 9.07. The summed E-state index contributed by atoms with van der Waals surface area (Å²) in [7, 11) is 3.02. The van der Waals surface area contributed by atoms with Crippen LogP contribution in [0.15, 0.2) is 60.7 Å². The number of aryl methyl sites for hydroxylation is 1. The number of benzene rings is 3. The number of alkyl halides is 3. The fourth-order valence-electron chi connectivity index (χ4n) is 5.09. The molecule has 1 N–H and O–H groups in total. The molecule has 4 rings (SSSR count). The van der Waals surface area contributed by atoms with E-state index in [1.807, 2.05) is 32.9 Å². The standard InChI is InChI=1S/C36H40ClF3N6O3/c1-8-46(9-2)19-18-44(6)33(47)25-11-14-27(15-12-25)41-34-42-30(28-16-10-22(3)23(4)24(28)5)21-32(43-34)49-35(48)45(7)31-20-26(36(38,39)40)13-17-29(31)37/h10-17,20-21H,8-9,18-19H2,1-7H3,(H,41,42,43). The van der Waals surface area contributed by atoms with Crippen molar-refractivity contribution in [3.8, 4) is 17.1 Å². The monoisotopic (exact) mass is 696 g/mol. The number of anilines is 3. The molecule has 0 atom stereocenters. The van der Waals surface area contributed by atoms with Gasteiger partial charge in [-0.25, -0.2) is 9.78 Å². The van der Waals surface area contributed by atoms with Crippen LogP contribution in [-0.4, -0.2) is 72.0 Å². The Morgan fingerprint density at radius 1 is 0.878 bits per heavy atom. The van der Waals surface area contributed by atoms with Gasteiger partial charge in [0.15, 0.2) is 0 Å². The van der Waals surface area contributed by atoms with Gasteiger partial charge < -0.3 is 19.9 Å². The lowest BCUT2D eigenvalue weighted by Gasteiger charge is -2.23. The van der Waals surface area contributed by atoms with Gasteiger partial charge in [0.05, 0.1) is 22.0 Å². The highest BCUT2D eigenvalue weighted by Gasteiger charge is 2.32. The zero-order valence-electron chi connectivity index (χ0n) is 28.6. The van der Waals surface area contributed by atoms with E-state index in [0.29, 0.717) is 23.5 Å². The third-order valence-corrected chi connectivity index (χ3v) is 8.84. The zero-order chi connectivity index (χ0) is 36.0. The largest absolute Gasteiger partial charge is 0.420 e. The van der Waals surface area contributed by atoms with E-state index in [-0.39, 0.29) is 28.4 Å². The van der Waals surface area contributed by atoms with E-state index >= 15 is 0 Å². The van der Waals surface area contributed by atoms with Crippen molar-refractivity contribution in [3.05, 3.63) is 93.5 Å². The van der Waals surface area contributed by atoms with Gasteiger partial charge in [-0.05, 0) is 93.0 Å². The Labute approximate surface area is 289 Å². The van der Waals surface area contributed by atoms with Gasteiger partial charge in [0.2, 0.25) is 11.8 Å². The van der Waals surface area contributed by atoms with Crippen LogP contribution < -0.4 is 15.0 Å². The lowest BCUT2D eigenvalue weighted by Crippen LogP contribution is -2.36. The molecule has 0 bridgehead atoms. The van der Waals surface area contributed by atoms with E-state index in [9.17, 15) is 22.8 Å². The minimum atomic E-state index is -4.64. The molecule has 0 aliphatic heterocycles. The fraction of sp³-hybridized carbons (Fsp3) is 0.333. The average molecular weight is 697 g/mol. The molecule has 0 spiro atoms. The van der Waals surface area contributed by atoms with E-state index in [4.69, 9.17) is 16.3 Å². The highest BCUT2D eigenvalue weighted by atomic mass is 35.5. The molecule has 0 aliphatic carbocycles. The van der Waals surface area contributed by atoms with Crippen LogP contribution in [0.3, 0.4) is 0 Å².